The maximum atomic E-state index is 10.6. The minimum atomic E-state index is -0.402. The highest BCUT2D eigenvalue weighted by Gasteiger charge is 2.17. The fourth-order valence-electron chi connectivity index (χ4n) is 0.960. The Bertz CT molecular complexity index is 377. The average Bonchev–Trinajstić information content (AvgIpc) is 2.07. The van der Waals surface area contributed by atoms with Gasteiger partial charge in [-0.15, -0.1) is 0 Å². The minimum Gasteiger partial charge on any atom is -0.258 e. The first-order valence-corrected chi connectivity index (χ1v) is 5.13. The van der Waals surface area contributed by atoms with Gasteiger partial charge in [-0.05, 0) is 40.9 Å². The topological polar surface area (TPSA) is 43.1 Å². The lowest BCUT2D eigenvalue weighted by molar-refractivity contribution is -0.385. The SMILES string of the molecule is Cc1c(Br)cc([N+](=O)[O-])c(Br)c1C. The molecule has 0 aliphatic carbocycles. The van der Waals surface area contributed by atoms with E-state index in [0.717, 1.165) is 15.6 Å². The second kappa shape index (κ2) is 3.75. The van der Waals surface area contributed by atoms with Crippen molar-refractivity contribution < 1.29 is 4.92 Å². The van der Waals surface area contributed by atoms with E-state index in [0.29, 0.717) is 4.47 Å². The van der Waals surface area contributed by atoms with Crippen molar-refractivity contribution in [1.82, 2.24) is 0 Å². The summed E-state index contributed by atoms with van der Waals surface area (Å²) in [7, 11) is 0. The van der Waals surface area contributed by atoms with Gasteiger partial charge in [0.15, 0.2) is 0 Å². The Hall–Kier alpha value is -0.420. The van der Waals surface area contributed by atoms with E-state index < -0.39 is 4.92 Å². The Morgan fingerprint density at radius 1 is 1.31 bits per heavy atom. The molecule has 0 unspecified atom stereocenters. The molecule has 0 atom stereocenters. The highest BCUT2D eigenvalue weighted by Crippen LogP contribution is 2.34. The van der Waals surface area contributed by atoms with Crippen LogP contribution in [0.25, 0.3) is 0 Å². The number of benzene rings is 1. The molecule has 0 bridgehead atoms. The van der Waals surface area contributed by atoms with Gasteiger partial charge >= 0.3 is 0 Å². The Morgan fingerprint density at radius 2 is 1.85 bits per heavy atom. The molecule has 0 spiro atoms. The molecule has 70 valence electrons. The first-order chi connectivity index (χ1) is 5.95. The number of nitrogens with zero attached hydrogens (tertiary/aromatic N) is 1. The summed E-state index contributed by atoms with van der Waals surface area (Å²) in [6.45, 7) is 3.76. The predicted octanol–water partition coefficient (Wildman–Crippen LogP) is 3.74. The summed E-state index contributed by atoms with van der Waals surface area (Å²) in [6.07, 6.45) is 0. The molecule has 1 aromatic carbocycles. The normalized spacial score (nSPS) is 10.2. The number of nitro groups is 1. The predicted molar refractivity (Wildman–Crippen MR) is 58.0 cm³/mol. The Kier molecular flexibility index (Phi) is 3.08. The zero-order chi connectivity index (χ0) is 10.2. The Labute approximate surface area is 92.5 Å². The lowest BCUT2D eigenvalue weighted by atomic mass is 10.1. The molecule has 1 aromatic rings. The van der Waals surface area contributed by atoms with Crippen LogP contribution in [0.3, 0.4) is 0 Å². The van der Waals surface area contributed by atoms with Gasteiger partial charge in [0.1, 0.15) is 0 Å². The number of rotatable bonds is 1. The van der Waals surface area contributed by atoms with Crippen LogP contribution in [-0.4, -0.2) is 4.92 Å². The third kappa shape index (κ3) is 1.91. The molecule has 0 aromatic heterocycles. The Balaban J connectivity index is 3.50. The van der Waals surface area contributed by atoms with Gasteiger partial charge in [-0.25, -0.2) is 0 Å². The highest BCUT2D eigenvalue weighted by atomic mass is 79.9. The van der Waals surface area contributed by atoms with E-state index in [1.54, 1.807) is 0 Å². The van der Waals surface area contributed by atoms with Crippen LogP contribution in [0.5, 0.6) is 0 Å². The van der Waals surface area contributed by atoms with Crippen LogP contribution in [-0.2, 0) is 0 Å². The molecule has 0 heterocycles. The van der Waals surface area contributed by atoms with Gasteiger partial charge in [0.05, 0.1) is 9.40 Å². The average molecular weight is 309 g/mol. The van der Waals surface area contributed by atoms with E-state index >= 15 is 0 Å². The third-order valence-corrected chi connectivity index (χ3v) is 3.76. The summed E-state index contributed by atoms with van der Waals surface area (Å²) in [6, 6.07) is 1.51. The molecule has 13 heavy (non-hydrogen) atoms. The first kappa shape index (κ1) is 10.7. The van der Waals surface area contributed by atoms with Crippen LogP contribution in [0, 0.1) is 24.0 Å². The van der Waals surface area contributed by atoms with Crippen LogP contribution < -0.4 is 0 Å². The molecule has 0 aliphatic heterocycles. The van der Waals surface area contributed by atoms with Crippen molar-refractivity contribution in [3.8, 4) is 0 Å². The van der Waals surface area contributed by atoms with Crippen LogP contribution in [0.15, 0.2) is 15.0 Å². The van der Waals surface area contributed by atoms with Crippen molar-refractivity contribution in [3.05, 3.63) is 36.3 Å². The molecule has 0 radical (unpaired) electrons. The largest absolute Gasteiger partial charge is 0.284 e. The molecule has 0 aliphatic rings. The van der Waals surface area contributed by atoms with E-state index in [4.69, 9.17) is 0 Å². The van der Waals surface area contributed by atoms with E-state index in [-0.39, 0.29) is 5.69 Å². The lowest BCUT2D eigenvalue weighted by Crippen LogP contribution is -1.94. The molecule has 3 nitrogen and oxygen atoms in total. The van der Waals surface area contributed by atoms with Crippen LogP contribution in [0.1, 0.15) is 11.1 Å². The quantitative estimate of drug-likeness (QED) is 0.586. The van der Waals surface area contributed by atoms with Crippen molar-refractivity contribution in [2.45, 2.75) is 13.8 Å². The Morgan fingerprint density at radius 3 is 2.31 bits per heavy atom. The van der Waals surface area contributed by atoms with Crippen molar-refractivity contribution >= 4 is 37.5 Å². The van der Waals surface area contributed by atoms with Crippen molar-refractivity contribution in [3.63, 3.8) is 0 Å². The maximum absolute atomic E-state index is 10.6. The van der Waals surface area contributed by atoms with E-state index in [1.165, 1.54) is 6.07 Å². The highest BCUT2D eigenvalue weighted by molar-refractivity contribution is 9.11. The van der Waals surface area contributed by atoms with Gasteiger partial charge in [0.2, 0.25) is 0 Å². The fraction of sp³-hybridized carbons (Fsp3) is 0.250. The van der Waals surface area contributed by atoms with E-state index in [2.05, 4.69) is 31.9 Å². The van der Waals surface area contributed by atoms with Crippen molar-refractivity contribution in [2.24, 2.45) is 0 Å². The summed E-state index contributed by atoms with van der Waals surface area (Å²) in [5, 5.41) is 10.6. The van der Waals surface area contributed by atoms with Crippen molar-refractivity contribution in [2.75, 3.05) is 0 Å². The summed E-state index contributed by atoms with van der Waals surface area (Å²) < 4.78 is 1.32. The molecule has 1 rings (SSSR count). The zero-order valence-electron chi connectivity index (χ0n) is 7.10. The lowest BCUT2D eigenvalue weighted by Gasteiger charge is -2.05. The van der Waals surface area contributed by atoms with E-state index in [9.17, 15) is 10.1 Å². The van der Waals surface area contributed by atoms with Gasteiger partial charge in [-0.1, -0.05) is 15.9 Å². The van der Waals surface area contributed by atoms with Crippen LogP contribution in [0.2, 0.25) is 0 Å². The second-order valence-corrected chi connectivity index (χ2v) is 4.35. The summed E-state index contributed by atoms with van der Waals surface area (Å²) in [4.78, 5) is 10.2. The third-order valence-electron chi connectivity index (χ3n) is 1.94. The van der Waals surface area contributed by atoms with E-state index in [1.807, 2.05) is 13.8 Å². The maximum Gasteiger partial charge on any atom is 0.284 e. The molecular formula is C8H7Br2NO2. The first-order valence-electron chi connectivity index (χ1n) is 3.54. The monoisotopic (exact) mass is 307 g/mol. The number of hydrogen-bond donors (Lipinski definition) is 0. The molecule has 5 heteroatoms. The number of halogens is 2. The number of nitro benzene ring substituents is 1. The van der Waals surface area contributed by atoms with Gasteiger partial charge in [0, 0.05) is 10.5 Å². The zero-order valence-corrected chi connectivity index (χ0v) is 10.3. The molecule has 0 fully saturated rings. The second-order valence-electron chi connectivity index (χ2n) is 2.70. The van der Waals surface area contributed by atoms with Gasteiger partial charge in [-0.2, -0.15) is 0 Å². The smallest absolute Gasteiger partial charge is 0.258 e. The molecule has 0 N–H and O–H groups in total. The fourth-order valence-corrected chi connectivity index (χ4v) is 2.03. The van der Waals surface area contributed by atoms with Crippen LogP contribution >= 0.6 is 31.9 Å². The van der Waals surface area contributed by atoms with Gasteiger partial charge in [0.25, 0.3) is 5.69 Å². The summed E-state index contributed by atoms with van der Waals surface area (Å²) in [5.41, 5.74) is 1.99. The molecule has 0 amide bonds. The number of hydrogen-bond acceptors (Lipinski definition) is 2. The van der Waals surface area contributed by atoms with Gasteiger partial charge < -0.3 is 0 Å². The summed E-state index contributed by atoms with van der Waals surface area (Å²) in [5.74, 6) is 0. The van der Waals surface area contributed by atoms with Crippen molar-refractivity contribution in [1.29, 1.82) is 0 Å². The minimum absolute atomic E-state index is 0.0926. The molecule has 0 saturated heterocycles. The molecular weight excluding hydrogens is 302 g/mol. The standard InChI is InChI=1S/C8H7Br2NO2/c1-4-5(2)8(10)7(11(12)13)3-6(4)9/h3H,1-2H3. The van der Waals surface area contributed by atoms with Crippen LogP contribution in [0.4, 0.5) is 5.69 Å². The summed E-state index contributed by atoms with van der Waals surface area (Å²) >= 11 is 6.48. The molecule has 0 saturated carbocycles. The van der Waals surface area contributed by atoms with Gasteiger partial charge in [-0.3, -0.25) is 10.1 Å².